The number of rotatable bonds is 6. The third-order valence-electron chi connectivity index (χ3n) is 2.44. The first-order valence-electron chi connectivity index (χ1n) is 5.56. The zero-order valence-electron chi connectivity index (χ0n) is 10.5. The number of anilines is 2. The molecule has 0 saturated carbocycles. The number of hydrogen-bond donors (Lipinski definition) is 1. The lowest BCUT2D eigenvalue weighted by molar-refractivity contribution is 0.184. The van der Waals surface area contributed by atoms with E-state index >= 15 is 0 Å². The maximum absolute atomic E-state index is 5.14. The highest BCUT2D eigenvalue weighted by Gasteiger charge is 2.05. The van der Waals surface area contributed by atoms with Crippen LogP contribution in [0, 0.1) is 0 Å². The van der Waals surface area contributed by atoms with Crippen molar-refractivity contribution in [1.82, 2.24) is 4.98 Å². The number of hydrogen-bond acceptors (Lipinski definition) is 4. The Hall–Kier alpha value is -1.29. The highest BCUT2D eigenvalue weighted by molar-refractivity contribution is 5.48. The van der Waals surface area contributed by atoms with Gasteiger partial charge in [-0.1, -0.05) is 6.92 Å². The first kappa shape index (κ1) is 12.8. The van der Waals surface area contributed by atoms with Crippen molar-refractivity contribution in [2.24, 2.45) is 0 Å². The number of nitrogens with zero attached hydrogens (tertiary/aromatic N) is 2. The Morgan fingerprint density at radius 2 is 2.19 bits per heavy atom. The van der Waals surface area contributed by atoms with Gasteiger partial charge in [0.05, 0.1) is 18.5 Å². The molecule has 0 spiro atoms. The van der Waals surface area contributed by atoms with Crippen LogP contribution in [0.4, 0.5) is 11.5 Å². The molecule has 1 heterocycles. The van der Waals surface area contributed by atoms with Crippen LogP contribution >= 0.6 is 0 Å². The molecule has 1 aromatic heterocycles. The summed E-state index contributed by atoms with van der Waals surface area (Å²) in [6.07, 6.45) is 2.89. The quantitative estimate of drug-likeness (QED) is 0.800. The fourth-order valence-corrected chi connectivity index (χ4v) is 1.43. The van der Waals surface area contributed by atoms with E-state index in [-0.39, 0.29) is 0 Å². The van der Waals surface area contributed by atoms with Crippen molar-refractivity contribution < 1.29 is 4.74 Å². The molecular formula is C12H21N3O. The van der Waals surface area contributed by atoms with Crippen molar-refractivity contribution in [2.75, 3.05) is 38.0 Å². The fraction of sp³-hybridized carbons (Fsp3) is 0.583. The Kier molecular flexibility index (Phi) is 5.05. The van der Waals surface area contributed by atoms with Gasteiger partial charge in [0.2, 0.25) is 0 Å². The first-order valence-corrected chi connectivity index (χ1v) is 5.56. The molecular weight excluding hydrogens is 202 g/mol. The van der Waals surface area contributed by atoms with Crippen LogP contribution in [0.15, 0.2) is 18.3 Å². The molecule has 90 valence electrons. The molecule has 1 unspecified atom stereocenters. The van der Waals surface area contributed by atoms with Gasteiger partial charge in [0.15, 0.2) is 0 Å². The minimum absolute atomic E-state index is 0.344. The zero-order chi connectivity index (χ0) is 12.0. The van der Waals surface area contributed by atoms with E-state index in [1.54, 1.807) is 7.11 Å². The van der Waals surface area contributed by atoms with Crippen LogP contribution in [-0.4, -0.2) is 38.8 Å². The second kappa shape index (κ2) is 6.33. The minimum Gasteiger partial charge on any atom is -0.383 e. The summed E-state index contributed by atoms with van der Waals surface area (Å²) in [4.78, 5) is 6.33. The van der Waals surface area contributed by atoms with Gasteiger partial charge in [-0.25, -0.2) is 4.98 Å². The highest BCUT2D eigenvalue weighted by Crippen LogP contribution is 2.13. The molecule has 0 saturated heterocycles. The van der Waals surface area contributed by atoms with Gasteiger partial charge in [-0.2, -0.15) is 0 Å². The average Bonchev–Trinajstić information content (AvgIpc) is 2.29. The summed E-state index contributed by atoms with van der Waals surface area (Å²) in [6.45, 7) is 2.85. The second-order valence-electron chi connectivity index (χ2n) is 4.00. The largest absolute Gasteiger partial charge is 0.383 e. The highest BCUT2D eigenvalue weighted by atomic mass is 16.5. The number of methoxy groups -OCH3 is 1. The standard InChI is InChI=1S/C12H21N3O/c1-5-10(9-16-4)14-11-6-7-12(13-8-11)15(2)3/h6-8,10,14H,5,9H2,1-4H3. The predicted octanol–water partition coefficient (Wildman–Crippen LogP) is 1.98. The van der Waals surface area contributed by atoms with E-state index in [1.807, 2.05) is 37.3 Å². The first-order chi connectivity index (χ1) is 7.67. The van der Waals surface area contributed by atoms with Crippen molar-refractivity contribution in [1.29, 1.82) is 0 Å². The number of pyridine rings is 1. The SMILES string of the molecule is CCC(COC)Nc1ccc(N(C)C)nc1. The summed E-state index contributed by atoms with van der Waals surface area (Å²) in [5, 5.41) is 3.39. The van der Waals surface area contributed by atoms with Crippen LogP contribution in [0.2, 0.25) is 0 Å². The molecule has 0 fully saturated rings. The lowest BCUT2D eigenvalue weighted by Crippen LogP contribution is -2.24. The molecule has 16 heavy (non-hydrogen) atoms. The summed E-state index contributed by atoms with van der Waals surface area (Å²) in [5.41, 5.74) is 1.04. The van der Waals surface area contributed by atoms with Crippen molar-refractivity contribution in [3.63, 3.8) is 0 Å². The average molecular weight is 223 g/mol. The summed E-state index contributed by atoms with van der Waals surface area (Å²) < 4.78 is 5.14. The normalized spacial score (nSPS) is 12.2. The molecule has 0 aliphatic rings. The van der Waals surface area contributed by atoms with E-state index in [9.17, 15) is 0 Å². The Morgan fingerprint density at radius 1 is 1.44 bits per heavy atom. The molecule has 1 aromatic rings. The van der Waals surface area contributed by atoms with E-state index in [4.69, 9.17) is 4.74 Å². The van der Waals surface area contributed by atoms with E-state index in [0.717, 1.165) is 17.9 Å². The molecule has 1 atom stereocenters. The minimum atomic E-state index is 0.344. The van der Waals surface area contributed by atoms with Gasteiger partial charge >= 0.3 is 0 Å². The molecule has 0 aromatic carbocycles. The maximum Gasteiger partial charge on any atom is 0.128 e. The number of ether oxygens (including phenoxy) is 1. The van der Waals surface area contributed by atoms with Gasteiger partial charge in [-0.15, -0.1) is 0 Å². The van der Waals surface area contributed by atoms with E-state index in [0.29, 0.717) is 12.6 Å². The molecule has 1 rings (SSSR count). The van der Waals surface area contributed by atoms with Crippen LogP contribution in [0.1, 0.15) is 13.3 Å². The van der Waals surface area contributed by atoms with E-state index in [2.05, 4.69) is 17.2 Å². The number of aromatic nitrogens is 1. The lowest BCUT2D eigenvalue weighted by atomic mass is 10.2. The van der Waals surface area contributed by atoms with E-state index < -0.39 is 0 Å². The van der Waals surface area contributed by atoms with Gasteiger partial charge in [0.25, 0.3) is 0 Å². The van der Waals surface area contributed by atoms with Gasteiger partial charge in [0, 0.05) is 27.2 Å². The van der Waals surface area contributed by atoms with Gasteiger partial charge < -0.3 is 15.0 Å². The van der Waals surface area contributed by atoms with Crippen LogP contribution in [0.5, 0.6) is 0 Å². The van der Waals surface area contributed by atoms with Crippen molar-refractivity contribution in [3.05, 3.63) is 18.3 Å². The molecule has 4 heteroatoms. The molecule has 0 aliphatic carbocycles. The van der Waals surface area contributed by atoms with Crippen LogP contribution < -0.4 is 10.2 Å². The summed E-state index contributed by atoms with van der Waals surface area (Å²) in [5.74, 6) is 0.963. The van der Waals surface area contributed by atoms with Crippen molar-refractivity contribution in [3.8, 4) is 0 Å². The fourth-order valence-electron chi connectivity index (χ4n) is 1.43. The van der Waals surface area contributed by atoms with Crippen LogP contribution in [-0.2, 0) is 4.74 Å². The third-order valence-corrected chi connectivity index (χ3v) is 2.44. The smallest absolute Gasteiger partial charge is 0.128 e. The molecule has 1 N–H and O–H groups in total. The van der Waals surface area contributed by atoms with Crippen molar-refractivity contribution in [2.45, 2.75) is 19.4 Å². The van der Waals surface area contributed by atoms with Crippen LogP contribution in [0.3, 0.4) is 0 Å². The zero-order valence-corrected chi connectivity index (χ0v) is 10.5. The molecule has 0 radical (unpaired) electrons. The van der Waals surface area contributed by atoms with Crippen LogP contribution in [0.25, 0.3) is 0 Å². The summed E-state index contributed by atoms with van der Waals surface area (Å²) in [6, 6.07) is 4.39. The summed E-state index contributed by atoms with van der Waals surface area (Å²) in [7, 11) is 5.68. The Balaban J connectivity index is 2.60. The molecule has 0 aliphatic heterocycles. The van der Waals surface area contributed by atoms with E-state index in [1.165, 1.54) is 0 Å². The van der Waals surface area contributed by atoms with Gasteiger partial charge in [0.1, 0.15) is 5.82 Å². The molecule has 4 nitrogen and oxygen atoms in total. The molecule has 0 amide bonds. The Bertz CT molecular complexity index is 298. The third kappa shape index (κ3) is 3.70. The van der Waals surface area contributed by atoms with Gasteiger partial charge in [-0.3, -0.25) is 0 Å². The Labute approximate surface area is 97.6 Å². The maximum atomic E-state index is 5.14. The Morgan fingerprint density at radius 3 is 2.62 bits per heavy atom. The monoisotopic (exact) mass is 223 g/mol. The number of nitrogens with one attached hydrogen (secondary N) is 1. The lowest BCUT2D eigenvalue weighted by Gasteiger charge is -2.18. The van der Waals surface area contributed by atoms with Gasteiger partial charge in [-0.05, 0) is 18.6 Å². The predicted molar refractivity (Wildman–Crippen MR) is 68.1 cm³/mol. The molecule has 0 bridgehead atoms. The topological polar surface area (TPSA) is 37.4 Å². The summed E-state index contributed by atoms with van der Waals surface area (Å²) >= 11 is 0. The second-order valence-corrected chi connectivity index (χ2v) is 4.00. The van der Waals surface area contributed by atoms with Crippen molar-refractivity contribution >= 4 is 11.5 Å².